The Kier molecular flexibility index (Phi) is 6.82. The van der Waals surface area contributed by atoms with E-state index >= 15 is 0 Å². The van der Waals surface area contributed by atoms with Crippen LogP contribution in [0.2, 0.25) is 0 Å². The average molecular weight is 268 g/mol. The largest absolute Gasteiger partial charge is 0.309 e. The number of hydrogen-bond donors (Lipinski definition) is 1. The van der Waals surface area contributed by atoms with E-state index in [0.717, 1.165) is 30.3 Å². The van der Waals surface area contributed by atoms with Crippen LogP contribution in [-0.2, 0) is 0 Å². The normalized spacial score (nSPS) is 30.3. The topological polar surface area (TPSA) is 15.3 Å². The fourth-order valence-corrected chi connectivity index (χ4v) is 3.52. The van der Waals surface area contributed by atoms with Gasteiger partial charge in [-0.25, -0.2) is 0 Å². The van der Waals surface area contributed by atoms with Gasteiger partial charge in [0.1, 0.15) is 0 Å². The summed E-state index contributed by atoms with van der Waals surface area (Å²) >= 11 is 0. The standard InChI is InChI=1S/C17H36N2/c1-12(2)15-9-8-14(5)10-16(15)18-17(13(3)4)11-19(6)7/h12-18H,8-11H2,1-7H3. The van der Waals surface area contributed by atoms with Crippen molar-refractivity contribution in [2.75, 3.05) is 20.6 Å². The molecule has 0 bridgehead atoms. The molecule has 0 aromatic carbocycles. The van der Waals surface area contributed by atoms with Gasteiger partial charge in [0.2, 0.25) is 0 Å². The van der Waals surface area contributed by atoms with Crippen LogP contribution in [0.1, 0.15) is 53.9 Å². The Morgan fingerprint density at radius 2 is 1.74 bits per heavy atom. The van der Waals surface area contributed by atoms with Gasteiger partial charge in [-0.05, 0) is 50.6 Å². The molecule has 2 nitrogen and oxygen atoms in total. The van der Waals surface area contributed by atoms with Gasteiger partial charge >= 0.3 is 0 Å². The van der Waals surface area contributed by atoms with E-state index in [0.29, 0.717) is 12.0 Å². The molecule has 0 radical (unpaired) electrons. The second-order valence-corrected chi connectivity index (χ2v) is 7.71. The number of rotatable bonds is 6. The van der Waals surface area contributed by atoms with Crippen LogP contribution in [0.15, 0.2) is 0 Å². The molecule has 0 aromatic rings. The molecule has 0 saturated heterocycles. The van der Waals surface area contributed by atoms with Gasteiger partial charge in [0, 0.05) is 18.6 Å². The highest BCUT2D eigenvalue weighted by Gasteiger charge is 2.32. The van der Waals surface area contributed by atoms with Crippen LogP contribution in [0.4, 0.5) is 0 Å². The Hall–Kier alpha value is -0.0800. The molecule has 19 heavy (non-hydrogen) atoms. The van der Waals surface area contributed by atoms with Gasteiger partial charge < -0.3 is 10.2 Å². The Morgan fingerprint density at radius 1 is 1.11 bits per heavy atom. The smallest absolute Gasteiger partial charge is 0.0220 e. The van der Waals surface area contributed by atoms with Crippen LogP contribution in [0.3, 0.4) is 0 Å². The van der Waals surface area contributed by atoms with Crippen molar-refractivity contribution in [2.24, 2.45) is 23.7 Å². The molecule has 0 amide bonds. The fraction of sp³-hybridized carbons (Fsp3) is 1.00. The summed E-state index contributed by atoms with van der Waals surface area (Å²) in [4.78, 5) is 2.31. The van der Waals surface area contributed by atoms with E-state index in [4.69, 9.17) is 0 Å². The van der Waals surface area contributed by atoms with E-state index in [1.165, 1.54) is 19.3 Å². The second-order valence-electron chi connectivity index (χ2n) is 7.71. The third-order valence-electron chi connectivity index (χ3n) is 4.82. The summed E-state index contributed by atoms with van der Waals surface area (Å²) in [6, 6.07) is 1.34. The summed E-state index contributed by atoms with van der Waals surface area (Å²) < 4.78 is 0. The summed E-state index contributed by atoms with van der Waals surface area (Å²) in [7, 11) is 4.36. The number of likely N-dealkylation sites (N-methyl/N-ethyl adjacent to an activating group) is 1. The lowest BCUT2D eigenvalue weighted by Crippen LogP contribution is -2.52. The number of hydrogen-bond acceptors (Lipinski definition) is 2. The van der Waals surface area contributed by atoms with Crippen LogP contribution in [0.25, 0.3) is 0 Å². The molecule has 1 aliphatic rings. The molecule has 114 valence electrons. The van der Waals surface area contributed by atoms with Crippen molar-refractivity contribution >= 4 is 0 Å². The van der Waals surface area contributed by atoms with Crippen molar-refractivity contribution in [1.29, 1.82) is 0 Å². The van der Waals surface area contributed by atoms with E-state index < -0.39 is 0 Å². The Morgan fingerprint density at radius 3 is 2.21 bits per heavy atom. The first kappa shape index (κ1) is 17.0. The van der Waals surface area contributed by atoms with Crippen molar-refractivity contribution in [3.8, 4) is 0 Å². The van der Waals surface area contributed by atoms with Crippen molar-refractivity contribution in [2.45, 2.75) is 66.0 Å². The van der Waals surface area contributed by atoms with Gasteiger partial charge in [0.25, 0.3) is 0 Å². The first-order chi connectivity index (χ1) is 8.81. The average Bonchev–Trinajstić information content (AvgIpc) is 2.26. The van der Waals surface area contributed by atoms with E-state index in [2.05, 4.69) is 58.9 Å². The predicted molar refractivity (Wildman–Crippen MR) is 85.4 cm³/mol. The minimum atomic E-state index is 0.617. The van der Waals surface area contributed by atoms with Gasteiger partial charge in [-0.15, -0.1) is 0 Å². The molecule has 1 fully saturated rings. The van der Waals surface area contributed by atoms with E-state index in [1.807, 2.05) is 0 Å². The molecule has 0 heterocycles. The van der Waals surface area contributed by atoms with Crippen LogP contribution in [-0.4, -0.2) is 37.6 Å². The van der Waals surface area contributed by atoms with Crippen LogP contribution >= 0.6 is 0 Å². The maximum Gasteiger partial charge on any atom is 0.0220 e. The Bertz CT molecular complexity index is 248. The van der Waals surface area contributed by atoms with E-state index in [-0.39, 0.29) is 0 Å². The van der Waals surface area contributed by atoms with Crippen LogP contribution in [0, 0.1) is 23.7 Å². The van der Waals surface area contributed by atoms with Gasteiger partial charge in [0.05, 0.1) is 0 Å². The van der Waals surface area contributed by atoms with E-state index in [1.54, 1.807) is 0 Å². The molecule has 1 N–H and O–H groups in total. The zero-order chi connectivity index (χ0) is 14.6. The maximum absolute atomic E-state index is 4.01. The summed E-state index contributed by atoms with van der Waals surface area (Å²) in [6.45, 7) is 13.0. The molecule has 2 heteroatoms. The first-order valence-corrected chi connectivity index (χ1v) is 8.22. The second kappa shape index (κ2) is 7.64. The van der Waals surface area contributed by atoms with Gasteiger partial charge in [0.15, 0.2) is 0 Å². The molecule has 0 aliphatic heterocycles. The minimum Gasteiger partial charge on any atom is -0.309 e. The predicted octanol–water partition coefficient (Wildman–Crippen LogP) is 3.62. The Balaban J connectivity index is 2.67. The lowest BCUT2D eigenvalue weighted by molar-refractivity contribution is 0.141. The summed E-state index contributed by atoms with van der Waals surface area (Å²) in [5.74, 6) is 3.25. The lowest BCUT2D eigenvalue weighted by Gasteiger charge is -2.41. The third-order valence-corrected chi connectivity index (χ3v) is 4.82. The molecule has 0 spiro atoms. The van der Waals surface area contributed by atoms with Gasteiger partial charge in [-0.3, -0.25) is 0 Å². The molecule has 4 atom stereocenters. The summed E-state index contributed by atoms with van der Waals surface area (Å²) in [5.41, 5.74) is 0. The summed E-state index contributed by atoms with van der Waals surface area (Å²) in [5, 5.41) is 4.01. The molecule has 1 aliphatic carbocycles. The highest BCUT2D eigenvalue weighted by molar-refractivity contribution is 4.89. The molecule has 1 rings (SSSR count). The van der Waals surface area contributed by atoms with Crippen LogP contribution < -0.4 is 5.32 Å². The molecular weight excluding hydrogens is 232 g/mol. The highest BCUT2D eigenvalue weighted by atomic mass is 15.1. The highest BCUT2D eigenvalue weighted by Crippen LogP contribution is 2.34. The first-order valence-electron chi connectivity index (χ1n) is 8.22. The summed E-state index contributed by atoms with van der Waals surface area (Å²) in [6.07, 6.45) is 4.18. The monoisotopic (exact) mass is 268 g/mol. The van der Waals surface area contributed by atoms with Gasteiger partial charge in [-0.2, -0.15) is 0 Å². The van der Waals surface area contributed by atoms with Crippen LogP contribution in [0.5, 0.6) is 0 Å². The van der Waals surface area contributed by atoms with Crippen molar-refractivity contribution in [3.05, 3.63) is 0 Å². The molecular formula is C17H36N2. The SMILES string of the molecule is CC1CCC(C(C)C)C(NC(CN(C)C)C(C)C)C1. The van der Waals surface area contributed by atoms with Crippen molar-refractivity contribution in [1.82, 2.24) is 10.2 Å². The molecule has 4 unspecified atom stereocenters. The quantitative estimate of drug-likeness (QED) is 0.791. The fourth-order valence-electron chi connectivity index (χ4n) is 3.52. The Labute approximate surface area is 121 Å². The van der Waals surface area contributed by atoms with Crippen molar-refractivity contribution < 1.29 is 0 Å². The number of nitrogens with zero attached hydrogens (tertiary/aromatic N) is 1. The molecule has 1 saturated carbocycles. The minimum absolute atomic E-state index is 0.617. The zero-order valence-corrected chi connectivity index (χ0v) is 14.2. The number of nitrogens with one attached hydrogen (secondary N) is 1. The molecule has 0 aromatic heterocycles. The maximum atomic E-state index is 4.01. The van der Waals surface area contributed by atoms with E-state index in [9.17, 15) is 0 Å². The third kappa shape index (κ3) is 5.43. The van der Waals surface area contributed by atoms with Gasteiger partial charge in [-0.1, -0.05) is 41.0 Å². The lowest BCUT2D eigenvalue weighted by atomic mass is 9.73. The zero-order valence-electron chi connectivity index (χ0n) is 14.2. The van der Waals surface area contributed by atoms with Crippen molar-refractivity contribution in [3.63, 3.8) is 0 Å².